The summed E-state index contributed by atoms with van der Waals surface area (Å²) in [5, 5.41) is 4.24. The Bertz CT molecular complexity index is 917. The number of nitrogens with one attached hydrogen (secondary N) is 1. The van der Waals surface area contributed by atoms with Crippen LogP contribution in [0.15, 0.2) is 54.7 Å². The van der Waals surface area contributed by atoms with Gasteiger partial charge in [0.1, 0.15) is 13.2 Å². The van der Waals surface area contributed by atoms with Crippen LogP contribution in [-0.4, -0.2) is 30.2 Å². The second kappa shape index (κ2) is 7.52. The van der Waals surface area contributed by atoms with E-state index in [0.29, 0.717) is 26.2 Å². The monoisotopic (exact) mass is 350 g/mol. The molecule has 3 aromatic rings. The van der Waals surface area contributed by atoms with Crippen molar-refractivity contribution in [2.24, 2.45) is 0 Å². The van der Waals surface area contributed by atoms with Gasteiger partial charge in [-0.1, -0.05) is 24.3 Å². The molecule has 0 unspecified atom stereocenters. The predicted molar refractivity (Wildman–Crippen MR) is 101 cm³/mol. The third-order valence-corrected chi connectivity index (χ3v) is 4.55. The fourth-order valence-electron chi connectivity index (χ4n) is 3.26. The fraction of sp³-hybridized carbons (Fsp3) is 0.286. The maximum absolute atomic E-state index is 12.2. The molecule has 0 radical (unpaired) electrons. The Morgan fingerprint density at radius 1 is 1.04 bits per heavy atom. The van der Waals surface area contributed by atoms with Gasteiger partial charge in [0.2, 0.25) is 5.91 Å². The van der Waals surface area contributed by atoms with Gasteiger partial charge in [0, 0.05) is 24.8 Å². The molecule has 0 fully saturated rings. The molecule has 0 bridgehead atoms. The first-order chi connectivity index (χ1) is 12.8. The molecule has 0 saturated carbocycles. The number of rotatable bonds is 6. The van der Waals surface area contributed by atoms with Gasteiger partial charge in [-0.15, -0.1) is 0 Å². The van der Waals surface area contributed by atoms with Crippen LogP contribution in [-0.2, 0) is 17.8 Å². The van der Waals surface area contributed by atoms with Crippen LogP contribution in [0.3, 0.4) is 0 Å². The van der Waals surface area contributed by atoms with Crippen LogP contribution in [0.4, 0.5) is 0 Å². The molecule has 2 aromatic carbocycles. The second-order valence-electron chi connectivity index (χ2n) is 6.43. The highest BCUT2D eigenvalue weighted by Gasteiger charge is 2.13. The molecule has 1 aromatic heterocycles. The molecule has 0 saturated heterocycles. The first-order valence-corrected chi connectivity index (χ1v) is 8.99. The molecular formula is C21H22N2O3. The van der Waals surface area contributed by atoms with E-state index >= 15 is 0 Å². The number of carbonyl (C=O) groups is 1. The molecule has 134 valence electrons. The van der Waals surface area contributed by atoms with E-state index in [4.69, 9.17) is 9.47 Å². The molecular weight excluding hydrogens is 328 g/mol. The maximum Gasteiger partial charge on any atom is 0.224 e. The first-order valence-electron chi connectivity index (χ1n) is 8.99. The standard InChI is InChI=1S/C21H22N2O3/c24-21(15-16-6-7-19-20(14-16)26-13-12-25-19)22-9-3-10-23-11-8-17-4-1-2-5-18(17)23/h1-2,4-8,11,14H,3,9-10,12-13,15H2,(H,22,24). The Labute approximate surface area is 152 Å². The summed E-state index contributed by atoms with van der Waals surface area (Å²) in [4.78, 5) is 12.2. The van der Waals surface area contributed by atoms with Gasteiger partial charge < -0.3 is 19.4 Å². The van der Waals surface area contributed by atoms with Gasteiger partial charge in [-0.2, -0.15) is 0 Å². The summed E-state index contributed by atoms with van der Waals surface area (Å²) in [6, 6.07) is 16.1. The third-order valence-electron chi connectivity index (χ3n) is 4.55. The van der Waals surface area contributed by atoms with Gasteiger partial charge in [-0.05, 0) is 41.6 Å². The third kappa shape index (κ3) is 3.67. The number of aryl methyl sites for hydroxylation is 1. The summed E-state index contributed by atoms with van der Waals surface area (Å²) in [5.41, 5.74) is 2.17. The van der Waals surface area contributed by atoms with Crippen molar-refractivity contribution in [2.45, 2.75) is 19.4 Å². The summed E-state index contributed by atoms with van der Waals surface area (Å²) in [5.74, 6) is 1.50. The number of fused-ring (bicyclic) bond motifs is 2. The van der Waals surface area contributed by atoms with Crippen molar-refractivity contribution in [3.63, 3.8) is 0 Å². The minimum absolute atomic E-state index is 0.0269. The molecule has 2 heterocycles. The SMILES string of the molecule is O=C(Cc1ccc2c(c1)OCCO2)NCCCn1ccc2ccccc21. The Kier molecular flexibility index (Phi) is 4.78. The van der Waals surface area contributed by atoms with Crippen molar-refractivity contribution >= 4 is 16.8 Å². The van der Waals surface area contributed by atoms with Crippen molar-refractivity contribution in [3.05, 3.63) is 60.3 Å². The van der Waals surface area contributed by atoms with E-state index in [-0.39, 0.29) is 5.91 Å². The number of benzene rings is 2. The number of amides is 1. The van der Waals surface area contributed by atoms with Crippen LogP contribution in [0.25, 0.3) is 10.9 Å². The lowest BCUT2D eigenvalue weighted by Crippen LogP contribution is -2.26. The Hall–Kier alpha value is -2.95. The van der Waals surface area contributed by atoms with Crippen LogP contribution < -0.4 is 14.8 Å². The number of nitrogens with zero attached hydrogens (tertiary/aromatic N) is 1. The van der Waals surface area contributed by atoms with Crippen molar-refractivity contribution in [2.75, 3.05) is 19.8 Å². The molecule has 26 heavy (non-hydrogen) atoms. The van der Waals surface area contributed by atoms with Crippen LogP contribution in [0.2, 0.25) is 0 Å². The molecule has 1 aliphatic heterocycles. The van der Waals surface area contributed by atoms with Gasteiger partial charge in [-0.25, -0.2) is 0 Å². The number of ether oxygens (including phenoxy) is 2. The fourth-order valence-corrected chi connectivity index (χ4v) is 3.26. The minimum atomic E-state index is 0.0269. The van der Waals surface area contributed by atoms with E-state index in [1.807, 2.05) is 30.3 Å². The van der Waals surface area contributed by atoms with E-state index in [2.05, 4.69) is 34.3 Å². The number of carbonyl (C=O) groups excluding carboxylic acids is 1. The highest BCUT2D eigenvalue weighted by Crippen LogP contribution is 2.30. The summed E-state index contributed by atoms with van der Waals surface area (Å²) in [6.07, 6.45) is 3.34. The summed E-state index contributed by atoms with van der Waals surface area (Å²) in [6.45, 7) is 2.67. The topological polar surface area (TPSA) is 52.5 Å². The summed E-state index contributed by atoms with van der Waals surface area (Å²) < 4.78 is 13.3. The van der Waals surface area contributed by atoms with Gasteiger partial charge in [0.25, 0.3) is 0 Å². The minimum Gasteiger partial charge on any atom is -0.486 e. The van der Waals surface area contributed by atoms with Gasteiger partial charge in [-0.3, -0.25) is 4.79 Å². The zero-order valence-corrected chi connectivity index (χ0v) is 14.6. The lowest BCUT2D eigenvalue weighted by Gasteiger charge is -2.18. The number of aromatic nitrogens is 1. The second-order valence-corrected chi connectivity index (χ2v) is 6.43. The van der Waals surface area contributed by atoms with Crippen molar-refractivity contribution in [1.82, 2.24) is 9.88 Å². The largest absolute Gasteiger partial charge is 0.486 e. The quantitative estimate of drug-likeness (QED) is 0.695. The first kappa shape index (κ1) is 16.5. The van der Waals surface area contributed by atoms with Crippen molar-refractivity contribution < 1.29 is 14.3 Å². The van der Waals surface area contributed by atoms with Crippen molar-refractivity contribution in [3.8, 4) is 11.5 Å². The molecule has 1 aliphatic rings. The molecule has 0 spiro atoms. The molecule has 1 N–H and O–H groups in total. The zero-order chi connectivity index (χ0) is 17.8. The summed E-state index contributed by atoms with van der Waals surface area (Å²) in [7, 11) is 0. The number of hydrogen-bond donors (Lipinski definition) is 1. The molecule has 1 amide bonds. The zero-order valence-electron chi connectivity index (χ0n) is 14.6. The van der Waals surface area contributed by atoms with E-state index < -0.39 is 0 Å². The van der Waals surface area contributed by atoms with Crippen molar-refractivity contribution in [1.29, 1.82) is 0 Å². The van der Waals surface area contributed by atoms with Crippen LogP contribution in [0.5, 0.6) is 11.5 Å². The van der Waals surface area contributed by atoms with E-state index in [1.165, 1.54) is 10.9 Å². The Morgan fingerprint density at radius 3 is 2.81 bits per heavy atom. The normalized spacial score (nSPS) is 12.9. The number of hydrogen-bond acceptors (Lipinski definition) is 3. The molecule has 5 heteroatoms. The lowest BCUT2D eigenvalue weighted by atomic mass is 10.1. The Morgan fingerprint density at radius 2 is 1.88 bits per heavy atom. The smallest absolute Gasteiger partial charge is 0.224 e. The Balaban J connectivity index is 1.25. The molecule has 0 aliphatic carbocycles. The van der Waals surface area contributed by atoms with Gasteiger partial charge in [0.05, 0.1) is 6.42 Å². The highest BCUT2D eigenvalue weighted by atomic mass is 16.6. The average Bonchev–Trinajstić information content (AvgIpc) is 3.08. The molecule has 5 nitrogen and oxygen atoms in total. The van der Waals surface area contributed by atoms with E-state index in [9.17, 15) is 4.79 Å². The van der Waals surface area contributed by atoms with Gasteiger partial charge in [0.15, 0.2) is 11.5 Å². The van der Waals surface area contributed by atoms with Gasteiger partial charge >= 0.3 is 0 Å². The van der Waals surface area contributed by atoms with Crippen LogP contribution in [0.1, 0.15) is 12.0 Å². The summed E-state index contributed by atoms with van der Waals surface area (Å²) >= 11 is 0. The average molecular weight is 350 g/mol. The van der Waals surface area contributed by atoms with Crippen LogP contribution in [0, 0.1) is 0 Å². The maximum atomic E-state index is 12.2. The highest BCUT2D eigenvalue weighted by molar-refractivity contribution is 5.80. The predicted octanol–water partition coefficient (Wildman–Crippen LogP) is 3.16. The lowest BCUT2D eigenvalue weighted by molar-refractivity contribution is -0.120. The molecule has 0 atom stereocenters. The van der Waals surface area contributed by atoms with Crippen LogP contribution >= 0.6 is 0 Å². The van der Waals surface area contributed by atoms with E-state index in [0.717, 1.165) is 30.0 Å². The van der Waals surface area contributed by atoms with E-state index in [1.54, 1.807) is 0 Å². The number of para-hydroxylation sites is 1. The molecule has 4 rings (SSSR count).